The highest BCUT2D eigenvalue weighted by molar-refractivity contribution is 5.99. The monoisotopic (exact) mass is 348 g/mol. The summed E-state index contributed by atoms with van der Waals surface area (Å²) in [6, 6.07) is 0. The molecule has 1 aliphatic heterocycles. The highest BCUT2D eigenvalue weighted by Crippen LogP contribution is 2.16. The van der Waals surface area contributed by atoms with Gasteiger partial charge in [0.25, 0.3) is 11.3 Å². The molecular weight excluding hydrogens is 328 g/mol. The standard InChI is InChI=1S/C16H20N4O5/c1-3-24-16(23)13-12-14(25-18-13)17-9-20(15(12)22)8-11(21)19-6-4-5-10(2)7-19/h9-10H,3-8H2,1-2H3/t10-/m1/s1. The highest BCUT2D eigenvalue weighted by atomic mass is 16.5. The molecule has 9 nitrogen and oxygen atoms in total. The number of aromatic nitrogens is 3. The van der Waals surface area contributed by atoms with E-state index >= 15 is 0 Å². The molecule has 0 saturated carbocycles. The van der Waals surface area contributed by atoms with Crippen LogP contribution in [-0.4, -0.2) is 51.2 Å². The van der Waals surface area contributed by atoms with Crippen LogP contribution in [0.1, 0.15) is 37.2 Å². The zero-order chi connectivity index (χ0) is 18.0. The fourth-order valence-electron chi connectivity index (χ4n) is 2.99. The molecule has 2 aromatic heterocycles. The van der Waals surface area contributed by atoms with Gasteiger partial charge in [0.05, 0.1) is 6.61 Å². The fourth-order valence-corrected chi connectivity index (χ4v) is 2.99. The van der Waals surface area contributed by atoms with Gasteiger partial charge in [-0.3, -0.25) is 14.2 Å². The van der Waals surface area contributed by atoms with E-state index in [1.807, 2.05) is 0 Å². The number of hydrogen-bond acceptors (Lipinski definition) is 7. The number of carbonyl (C=O) groups excluding carboxylic acids is 2. The maximum atomic E-state index is 12.6. The van der Waals surface area contributed by atoms with Crippen molar-refractivity contribution in [1.82, 2.24) is 19.6 Å². The van der Waals surface area contributed by atoms with E-state index in [1.165, 1.54) is 10.9 Å². The molecule has 1 fully saturated rings. The summed E-state index contributed by atoms with van der Waals surface area (Å²) in [6.45, 7) is 5.13. The first kappa shape index (κ1) is 17.1. The van der Waals surface area contributed by atoms with Gasteiger partial charge in [0.15, 0.2) is 0 Å². The van der Waals surface area contributed by atoms with Crippen LogP contribution in [0.25, 0.3) is 11.1 Å². The zero-order valence-corrected chi connectivity index (χ0v) is 14.2. The second kappa shape index (κ2) is 7.04. The van der Waals surface area contributed by atoms with E-state index in [9.17, 15) is 14.4 Å². The summed E-state index contributed by atoms with van der Waals surface area (Å²) in [6.07, 6.45) is 3.29. The number of nitrogens with zero attached hydrogens (tertiary/aromatic N) is 4. The van der Waals surface area contributed by atoms with E-state index < -0.39 is 11.5 Å². The quantitative estimate of drug-likeness (QED) is 0.753. The topological polar surface area (TPSA) is 108 Å². The average molecular weight is 348 g/mol. The van der Waals surface area contributed by atoms with E-state index in [4.69, 9.17) is 9.26 Å². The minimum absolute atomic E-state index is 0.0525. The summed E-state index contributed by atoms with van der Waals surface area (Å²) in [5, 5.41) is 3.51. The lowest BCUT2D eigenvalue weighted by Crippen LogP contribution is -2.42. The number of amides is 1. The number of piperidine rings is 1. The zero-order valence-electron chi connectivity index (χ0n) is 14.2. The number of likely N-dealkylation sites (tertiary alicyclic amines) is 1. The largest absolute Gasteiger partial charge is 0.461 e. The Morgan fingerprint density at radius 3 is 2.96 bits per heavy atom. The Hall–Kier alpha value is -2.71. The van der Waals surface area contributed by atoms with Gasteiger partial charge in [0.2, 0.25) is 11.6 Å². The molecule has 1 amide bonds. The summed E-state index contributed by atoms with van der Waals surface area (Å²) >= 11 is 0. The molecule has 1 atom stereocenters. The van der Waals surface area contributed by atoms with Crippen molar-refractivity contribution in [2.45, 2.75) is 33.2 Å². The summed E-state index contributed by atoms with van der Waals surface area (Å²) in [4.78, 5) is 42.7. The van der Waals surface area contributed by atoms with Gasteiger partial charge in [0, 0.05) is 13.1 Å². The molecule has 0 aliphatic carbocycles. The van der Waals surface area contributed by atoms with Gasteiger partial charge in [-0.25, -0.2) is 9.78 Å². The van der Waals surface area contributed by atoms with Gasteiger partial charge in [-0.05, 0) is 25.7 Å². The molecule has 1 saturated heterocycles. The molecular formula is C16H20N4O5. The number of ether oxygens (including phenoxy) is 1. The maximum Gasteiger partial charge on any atom is 0.361 e. The van der Waals surface area contributed by atoms with Crippen LogP contribution in [0, 0.1) is 5.92 Å². The fraction of sp³-hybridized carbons (Fsp3) is 0.562. The number of esters is 1. The van der Waals surface area contributed by atoms with Crippen LogP contribution in [0.15, 0.2) is 15.6 Å². The van der Waals surface area contributed by atoms with Gasteiger partial charge in [-0.15, -0.1) is 0 Å². The Bertz CT molecular complexity index is 856. The van der Waals surface area contributed by atoms with Gasteiger partial charge >= 0.3 is 5.97 Å². The molecule has 0 radical (unpaired) electrons. The van der Waals surface area contributed by atoms with Crippen LogP contribution < -0.4 is 5.56 Å². The molecule has 134 valence electrons. The summed E-state index contributed by atoms with van der Waals surface area (Å²) in [5.74, 6) is -0.457. The maximum absolute atomic E-state index is 12.6. The predicted octanol–water partition coefficient (Wildman–Crippen LogP) is 0.820. The minimum atomic E-state index is -0.755. The van der Waals surface area contributed by atoms with Crippen LogP contribution in [0.5, 0.6) is 0 Å². The molecule has 3 heterocycles. The first-order valence-corrected chi connectivity index (χ1v) is 8.31. The number of hydrogen-bond donors (Lipinski definition) is 0. The van der Waals surface area contributed by atoms with Crippen LogP contribution in [-0.2, 0) is 16.1 Å². The normalized spacial score (nSPS) is 17.7. The first-order chi connectivity index (χ1) is 12.0. The van der Waals surface area contributed by atoms with E-state index in [-0.39, 0.29) is 35.9 Å². The molecule has 0 aromatic carbocycles. The van der Waals surface area contributed by atoms with Crippen molar-refractivity contribution in [1.29, 1.82) is 0 Å². The Labute approximate surface area is 143 Å². The van der Waals surface area contributed by atoms with Crippen molar-refractivity contribution in [3.05, 3.63) is 22.4 Å². The van der Waals surface area contributed by atoms with E-state index in [2.05, 4.69) is 17.1 Å². The lowest BCUT2D eigenvalue weighted by molar-refractivity contribution is -0.133. The number of rotatable bonds is 4. The van der Waals surface area contributed by atoms with Crippen LogP contribution in [0.3, 0.4) is 0 Å². The van der Waals surface area contributed by atoms with Crippen LogP contribution >= 0.6 is 0 Å². The Balaban J connectivity index is 1.88. The average Bonchev–Trinajstić information content (AvgIpc) is 3.02. The third-order valence-corrected chi connectivity index (χ3v) is 4.25. The smallest absolute Gasteiger partial charge is 0.361 e. The van der Waals surface area contributed by atoms with Crippen molar-refractivity contribution in [3.63, 3.8) is 0 Å². The van der Waals surface area contributed by atoms with Gasteiger partial charge in [-0.1, -0.05) is 12.1 Å². The molecule has 2 aromatic rings. The number of fused-ring (bicyclic) bond motifs is 1. The Morgan fingerprint density at radius 1 is 1.44 bits per heavy atom. The van der Waals surface area contributed by atoms with Crippen LogP contribution in [0.2, 0.25) is 0 Å². The summed E-state index contributed by atoms with van der Waals surface area (Å²) in [5.41, 5.74) is -0.821. The van der Waals surface area contributed by atoms with Gasteiger partial charge in [0.1, 0.15) is 18.3 Å². The van der Waals surface area contributed by atoms with E-state index in [1.54, 1.807) is 11.8 Å². The second-order valence-corrected chi connectivity index (χ2v) is 6.20. The molecule has 1 aliphatic rings. The summed E-state index contributed by atoms with van der Waals surface area (Å²) in [7, 11) is 0. The molecule has 3 rings (SSSR count). The van der Waals surface area contributed by atoms with Gasteiger partial charge < -0.3 is 14.2 Å². The molecule has 0 unspecified atom stereocenters. The van der Waals surface area contributed by atoms with E-state index in [0.29, 0.717) is 19.0 Å². The molecule has 25 heavy (non-hydrogen) atoms. The first-order valence-electron chi connectivity index (χ1n) is 8.31. The molecule has 0 spiro atoms. The molecule has 9 heteroatoms. The predicted molar refractivity (Wildman–Crippen MR) is 87.0 cm³/mol. The minimum Gasteiger partial charge on any atom is -0.461 e. The van der Waals surface area contributed by atoms with E-state index in [0.717, 1.165) is 12.8 Å². The van der Waals surface area contributed by atoms with Crippen molar-refractivity contribution < 1.29 is 18.8 Å². The third-order valence-electron chi connectivity index (χ3n) is 4.25. The molecule has 0 bridgehead atoms. The molecule has 0 N–H and O–H groups in total. The van der Waals surface area contributed by atoms with Crippen molar-refractivity contribution in [2.24, 2.45) is 5.92 Å². The SMILES string of the molecule is CCOC(=O)c1noc2ncn(CC(=O)N3CCC[C@@H](C)C3)c(=O)c12. The van der Waals surface area contributed by atoms with Crippen LogP contribution in [0.4, 0.5) is 0 Å². The van der Waals surface area contributed by atoms with Crippen molar-refractivity contribution >= 4 is 23.0 Å². The second-order valence-electron chi connectivity index (χ2n) is 6.20. The Kier molecular flexibility index (Phi) is 4.82. The lowest BCUT2D eigenvalue weighted by atomic mass is 10.0. The number of carbonyl (C=O) groups is 2. The third kappa shape index (κ3) is 3.40. The summed E-state index contributed by atoms with van der Waals surface area (Å²) < 4.78 is 11.0. The highest BCUT2D eigenvalue weighted by Gasteiger charge is 2.25. The van der Waals surface area contributed by atoms with Crippen molar-refractivity contribution in [2.75, 3.05) is 19.7 Å². The Morgan fingerprint density at radius 2 is 2.24 bits per heavy atom. The lowest BCUT2D eigenvalue weighted by Gasteiger charge is -2.31. The van der Waals surface area contributed by atoms with Crippen molar-refractivity contribution in [3.8, 4) is 0 Å². The van der Waals surface area contributed by atoms with Gasteiger partial charge in [-0.2, -0.15) is 0 Å².